The molecule has 0 saturated heterocycles. The summed E-state index contributed by atoms with van der Waals surface area (Å²) in [5.74, 6) is -0.00218. The van der Waals surface area contributed by atoms with Gasteiger partial charge in [-0.05, 0) is 26.9 Å². The van der Waals surface area contributed by atoms with E-state index < -0.39 is 0 Å². The number of hydrogen-bond donors (Lipinski definition) is 3. The lowest BCUT2D eigenvalue weighted by Gasteiger charge is -2.07. The van der Waals surface area contributed by atoms with Crippen molar-refractivity contribution in [1.29, 1.82) is 0 Å². The van der Waals surface area contributed by atoms with Gasteiger partial charge in [-0.25, -0.2) is 0 Å². The number of rotatable bonds is 19. The van der Waals surface area contributed by atoms with Crippen molar-refractivity contribution in [1.82, 2.24) is 16.0 Å². The van der Waals surface area contributed by atoms with Crippen LogP contribution in [0.2, 0.25) is 0 Å². The maximum atomic E-state index is 11.7. The summed E-state index contributed by atoms with van der Waals surface area (Å²) < 4.78 is 0. The molecule has 0 aliphatic carbocycles. The molecule has 0 aromatic heterocycles. The van der Waals surface area contributed by atoms with Gasteiger partial charge in [0.2, 0.25) is 11.8 Å². The summed E-state index contributed by atoms with van der Waals surface area (Å²) in [5, 5.41) is 8.57. The van der Waals surface area contributed by atoms with Gasteiger partial charge < -0.3 is 16.0 Å². The van der Waals surface area contributed by atoms with Crippen molar-refractivity contribution in [2.24, 2.45) is 0 Å². The molecule has 2 amide bonds. The molecule has 0 bridgehead atoms. The molecule has 174 valence electrons. The smallest absolute Gasteiger partial charge is 0.220 e. The Morgan fingerprint density at radius 3 is 1.14 bits per heavy atom. The molecule has 0 saturated carbocycles. The second-order valence-corrected chi connectivity index (χ2v) is 7.94. The second-order valence-electron chi connectivity index (χ2n) is 7.94. The third-order valence-electron chi connectivity index (χ3n) is 4.78. The van der Waals surface area contributed by atoms with Gasteiger partial charge in [-0.15, -0.1) is 0 Å². The van der Waals surface area contributed by atoms with Gasteiger partial charge in [0.25, 0.3) is 0 Å². The van der Waals surface area contributed by atoms with Crippen LogP contribution in [0.3, 0.4) is 0 Å². The largest absolute Gasteiger partial charge is 0.356 e. The zero-order chi connectivity index (χ0) is 22.0. The normalized spacial score (nSPS) is 10.2. The minimum atomic E-state index is -0.00409. The van der Waals surface area contributed by atoms with Crippen molar-refractivity contribution < 1.29 is 9.59 Å². The minimum absolute atomic E-state index is 0.00190. The predicted octanol–water partition coefficient (Wildman–Crippen LogP) is 5.34. The Kier molecular flexibility index (Phi) is 27.9. The monoisotopic (exact) mass is 413 g/mol. The molecule has 5 heteroatoms. The first-order chi connectivity index (χ1) is 14.1. The van der Waals surface area contributed by atoms with Gasteiger partial charge in [-0.2, -0.15) is 0 Å². The van der Waals surface area contributed by atoms with E-state index in [0.717, 1.165) is 32.4 Å². The van der Waals surface area contributed by atoms with Crippen LogP contribution in [0, 0.1) is 0 Å². The van der Waals surface area contributed by atoms with E-state index >= 15 is 0 Å². The van der Waals surface area contributed by atoms with E-state index in [9.17, 15) is 9.59 Å². The second kappa shape index (κ2) is 26.9. The summed E-state index contributed by atoms with van der Waals surface area (Å²) in [5.41, 5.74) is 0. The third-order valence-corrected chi connectivity index (χ3v) is 4.78. The number of carbonyl (C=O) groups is 2. The van der Waals surface area contributed by atoms with Crippen LogP contribution < -0.4 is 16.0 Å². The molecule has 3 N–H and O–H groups in total. The molecule has 0 aromatic rings. The molecular weight excluding hydrogens is 362 g/mol. The van der Waals surface area contributed by atoms with Crippen LogP contribution in [-0.2, 0) is 9.59 Å². The average molecular weight is 414 g/mol. The molecule has 0 heterocycles. The quantitative estimate of drug-likeness (QED) is 0.250. The van der Waals surface area contributed by atoms with Crippen molar-refractivity contribution in [2.45, 2.75) is 117 Å². The van der Waals surface area contributed by atoms with Gasteiger partial charge in [-0.1, -0.05) is 90.9 Å². The van der Waals surface area contributed by atoms with E-state index in [0.29, 0.717) is 12.8 Å². The van der Waals surface area contributed by atoms with Crippen LogP contribution in [0.4, 0.5) is 0 Å². The maximum absolute atomic E-state index is 11.7. The van der Waals surface area contributed by atoms with Gasteiger partial charge >= 0.3 is 0 Å². The Bertz CT molecular complexity index is 349. The van der Waals surface area contributed by atoms with Crippen molar-refractivity contribution in [2.75, 3.05) is 27.2 Å². The summed E-state index contributed by atoms with van der Waals surface area (Å²) in [6.07, 6.45) is 18.2. The summed E-state index contributed by atoms with van der Waals surface area (Å²) in [6.45, 7) is 5.91. The van der Waals surface area contributed by atoms with Gasteiger partial charge in [-0.3, -0.25) is 9.59 Å². The molecule has 0 fully saturated rings. The van der Waals surface area contributed by atoms with Crippen LogP contribution in [0.15, 0.2) is 0 Å². The Hall–Kier alpha value is -1.10. The van der Waals surface area contributed by atoms with Crippen molar-refractivity contribution >= 4 is 11.8 Å². The van der Waals surface area contributed by atoms with E-state index in [1.807, 2.05) is 14.1 Å². The molecule has 0 unspecified atom stereocenters. The molecule has 0 radical (unpaired) electrons. The Balaban J connectivity index is 0. The number of amides is 2. The highest BCUT2D eigenvalue weighted by Gasteiger charge is 2.05. The Morgan fingerprint density at radius 2 is 0.793 bits per heavy atom. The lowest BCUT2D eigenvalue weighted by Crippen LogP contribution is -2.28. The van der Waals surface area contributed by atoms with Crippen LogP contribution in [-0.4, -0.2) is 39.0 Å². The van der Waals surface area contributed by atoms with E-state index in [1.54, 1.807) is 0 Å². The van der Waals surface area contributed by atoms with E-state index in [-0.39, 0.29) is 11.8 Å². The molecule has 0 rings (SSSR count). The fourth-order valence-corrected chi connectivity index (χ4v) is 3.02. The van der Waals surface area contributed by atoms with E-state index in [2.05, 4.69) is 29.8 Å². The van der Waals surface area contributed by atoms with Crippen molar-refractivity contribution in [3.8, 4) is 0 Å². The molecule has 0 aliphatic rings. The van der Waals surface area contributed by atoms with Crippen molar-refractivity contribution in [3.63, 3.8) is 0 Å². The SMILES string of the molecule is CCCCCCCCCCCCNC(=O)CCC(=O)NCCCCCC.CNC. The van der Waals surface area contributed by atoms with Crippen molar-refractivity contribution in [3.05, 3.63) is 0 Å². The highest BCUT2D eigenvalue weighted by Crippen LogP contribution is 2.10. The first kappa shape index (κ1) is 30.1. The van der Waals surface area contributed by atoms with Crippen LogP contribution in [0.5, 0.6) is 0 Å². The number of nitrogens with one attached hydrogen (secondary N) is 3. The predicted molar refractivity (Wildman–Crippen MR) is 126 cm³/mol. The lowest BCUT2D eigenvalue weighted by molar-refractivity contribution is -0.126. The Morgan fingerprint density at radius 1 is 0.517 bits per heavy atom. The lowest BCUT2D eigenvalue weighted by atomic mass is 10.1. The minimum Gasteiger partial charge on any atom is -0.356 e. The summed E-state index contributed by atoms with van der Waals surface area (Å²) in [7, 11) is 3.75. The fraction of sp³-hybridized carbons (Fsp3) is 0.917. The molecular formula is C24H51N3O2. The molecule has 0 aromatic carbocycles. The van der Waals surface area contributed by atoms with E-state index in [4.69, 9.17) is 0 Å². The third kappa shape index (κ3) is 29.2. The number of carbonyl (C=O) groups excluding carboxylic acids is 2. The Labute approximate surface area is 181 Å². The van der Waals surface area contributed by atoms with E-state index in [1.165, 1.54) is 70.6 Å². The number of hydrogen-bond acceptors (Lipinski definition) is 3. The average Bonchev–Trinajstić information content (AvgIpc) is 2.71. The number of unbranched alkanes of at least 4 members (excludes halogenated alkanes) is 12. The fourth-order valence-electron chi connectivity index (χ4n) is 3.02. The van der Waals surface area contributed by atoms with Gasteiger partial charge in [0, 0.05) is 25.9 Å². The topological polar surface area (TPSA) is 70.2 Å². The first-order valence-electron chi connectivity index (χ1n) is 12.2. The van der Waals surface area contributed by atoms with Crippen LogP contribution >= 0.6 is 0 Å². The summed E-state index contributed by atoms with van der Waals surface area (Å²) in [4.78, 5) is 23.4. The van der Waals surface area contributed by atoms with Gasteiger partial charge in [0.1, 0.15) is 0 Å². The molecule has 29 heavy (non-hydrogen) atoms. The van der Waals surface area contributed by atoms with Gasteiger partial charge in [0.15, 0.2) is 0 Å². The van der Waals surface area contributed by atoms with Crippen LogP contribution in [0.1, 0.15) is 117 Å². The van der Waals surface area contributed by atoms with Crippen LogP contribution in [0.25, 0.3) is 0 Å². The summed E-state index contributed by atoms with van der Waals surface area (Å²) >= 11 is 0. The maximum Gasteiger partial charge on any atom is 0.220 e. The zero-order valence-electron chi connectivity index (χ0n) is 20.0. The van der Waals surface area contributed by atoms with Gasteiger partial charge in [0.05, 0.1) is 0 Å². The first-order valence-corrected chi connectivity index (χ1v) is 12.2. The molecule has 0 atom stereocenters. The summed E-state index contributed by atoms with van der Waals surface area (Å²) in [6, 6.07) is 0. The highest BCUT2D eigenvalue weighted by atomic mass is 16.2. The molecule has 0 spiro atoms. The molecule has 0 aliphatic heterocycles. The zero-order valence-corrected chi connectivity index (χ0v) is 20.0. The standard InChI is InChI=1S/C22H44N2O2.C2H7N/c1-3-5-7-9-10-11-12-13-14-16-20-24-22(26)18-17-21(25)23-19-15-8-6-4-2;1-3-2/h3-20H2,1-2H3,(H,23,25)(H,24,26);3H,1-2H3. The highest BCUT2D eigenvalue weighted by molar-refractivity contribution is 5.83. The molecule has 5 nitrogen and oxygen atoms in total.